The fraction of sp³-hybridized carbons (Fsp3) is 0.450. The van der Waals surface area contributed by atoms with Crippen LogP contribution >= 0.6 is 0 Å². The van der Waals surface area contributed by atoms with E-state index in [0.29, 0.717) is 24.7 Å². The van der Waals surface area contributed by atoms with Crippen molar-refractivity contribution in [2.24, 2.45) is 0 Å². The van der Waals surface area contributed by atoms with Crippen LogP contribution in [0.5, 0.6) is 5.88 Å². The molecule has 0 atom stereocenters. The van der Waals surface area contributed by atoms with E-state index in [0.717, 1.165) is 30.9 Å². The van der Waals surface area contributed by atoms with Gasteiger partial charge in [0.2, 0.25) is 5.88 Å². The molecule has 0 aromatic carbocycles. The predicted octanol–water partition coefficient (Wildman–Crippen LogP) is 2.46. The number of likely N-dealkylation sites (tertiary alicyclic amines) is 1. The molecule has 0 saturated carbocycles. The summed E-state index contributed by atoms with van der Waals surface area (Å²) < 4.78 is 5.82. The molecule has 1 aliphatic rings. The number of aromatic nitrogens is 3. The Morgan fingerprint density at radius 1 is 1.33 bits per heavy atom. The topological polar surface area (TPSA) is 83.1 Å². The van der Waals surface area contributed by atoms with Gasteiger partial charge in [-0.15, -0.1) is 0 Å². The van der Waals surface area contributed by atoms with Gasteiger partial charge in [-0.05, 0) is 51.1 Å². The summed E-state index contributed by atoms with van der Waals surface area (Å²) in [6.07, 6.45) is 9.37. The number of nitrogens with one attached hydrogen (secondary N) is 2. The first-order chi connectivity index (χ1) is 13.2. The first-order valence-electron chi connectivity index (χ1n) is 9.46. The molecule has 2 aromatic rings. The molecule has 0 spiro atoms. The van der Waals surface area contributed by atoms with Gasteiger partial charge in [0.05, 0.1) is 0 Å². The van der Waals surface area contributed by atoms with Crippen molar-refractivity contribution in [1.29, 1.82) is 0 Å². The van der Waals surface area contributed by atoms with Gasteiger partial charge in [0.15, 0.2) is 0 Å². The Labute approximate surface area is 159 Å². The second-order valence-corrected chi connectivity index (χ2v) is 6.73. The van der Waals surface area contributed by atoms with E-state index in [4.69, 9.17) is 4.74 Å². The second kappa shape index (κ2) is 9.87. The lowest BCUT2D eigenvalue weighted by molar-refractivity contribution is 0.0953. The highest BCUT2D eigenvalue weighted by Gasteiger charge is 2.13. The van der Waals surface area contributed by atoms with Crippen LogP contribution in [0.4, 0.5) is 0 Å². The van der Waals surface area contributed by atoms with Gasteiger partial charge in [-0.3, -0.25) is 14.8 Å². The maximum Gasteiger partial charge on any atom is 0.272 e. The summed E-state index contributed by atoms with van der Waals surface area (Å²) in [4.78, 5) is 18.7. The molecule has 0 unspecified atom stereocenters. The average molecular weight is 369 g/mol. The summed E-state index contributed by atoms with van der Waals surface area (Å²) in [7, 11) is 0. The minimum absolute atomic E-state index is 0.196. The number of carbonyl (C=O) groups excluding carboxylic acids is 1. The Bertz CT molecular complexity index is 765. The molecule has 7 nitrogen and oxygen atoms in total. The number of aryl methyl sites for hydroxylation is 1. The normalized spacial score (nSPS) is 15.1. The van der Waals surface area contributed by atoms with E-state index in [1.165, 1.54) is 19.3 Å². The van der Waals surface area contributed by atoms with Crippen LogP contribution in [0.3, 0.4) is 0 Å². The third-order valence-electron chi connectivity index (χ3n) is 4.49. The number of piperidine rings is 1. The highest BCUT2D eigenvalue weighted by molar-refractivity contribution is 5.92. The van der Waals surface area contributed by atoms with Gasteiger partial charge in [0.1, 0.15) is 12.3 Å². The first-order valence-corrected chi connectivity index (χ1v) is 9.46. The zero-order valence-corrected chi connectivity index (χ0v) is 15.8. The van der Waals surface area contributed by atoms with Crippen LogP contribution in [0.15, 0.2) is 36.5 Å². The first kappa shape index (κ1) is 19.1. The molecule has 144 valence electrons. The number of ether oxygens (including phenoxy) is 1. The van der Waals surface area contributed by atoms with Gasteiger partial charge < -0.3 is 10.1 Å². The lowest BCUT2D eigenvalue weighted by Gasteiger charge is -2.26. The summed E-state index contributed by atoms with van der Waals surface area (Å²) in [6.45, 7) is 5.87. The zero-order valence-electron chi connectivity index (χ0n) is 15.8. The number of carbonyl (C=O) groups is 1. The van der Waals surface area contributed by atoms with E-state index >= 15 is 0 Å². The Kier molecular flexibility index (Phi) is 6.98. The van der Waals surface area contributed by atoms with Crippen molar-refractivity contribution < 1.29 is 9.53 Å². The summed E-state index contributed by atoms with van der Waals surface area (Å²) in [5.41, 5.74) is 2.38. The molecule has 3 heterocycles. The van der Waals surface area contributed by atoms with E-state index in [9.17, 15) is 4.79 Å². The van der Waals surface area contributed by atoms with Crippen LogP contribution in [0.1, 0.15) is 41.0 Å². The molecule has 1 amide bonds. The van der Waals surface area contributed by atoms with E-state index in [1.54, 1.807) is 12.3 Å². The minimum atomic E-state index is -0.196. The van der Waals surface area contributed by atoms with Gasteiger partial charge in [-0.25, -0.2) is 4.98 Å². The second-order valence-electron chi connectivity index (χ2n) is 6.73. The number of hydrogen-bond donors (Lipinski definition) is 2. The van der Waals surface area contributed by atoms with Crippen LogP contribution in [-0.4, -0.2) is 52.2 Å². The highest BCUT2D eigenvalue weighted by Crippen LogP contribution is 2.19. The number of hydrogen-bond acceptors (Lipinski definition) is 5. The van der Waals surface area contributed by atoms with Crippen LogP contribution < -0.4 is 10.1 Å². The van der Waals surface area contributed by atoms with Crippen molar-refractivity contribution in [3.8, 4) is 5.88 Å². The van der Waals surface area contributed by atoms with Gasteiger partial charge >= 0.3 is 0 Å². The number of rotatable bonds is 8. The SMILES string of the molecule is Cc1cc(C(=O)NCC=CCOc2ncccc2CN2CCCCC2)n[nH]1. The number of pyridine rings is 1. The third kappa shape index (κ3) is 5.92. The van der Waals surface area contributed by atoms with Crippen LogP contribution in [-0.2, 0) is 6.54 Å². The minimum Gasteiger partial charge on any atom is -0.473 e. The van der Waals surface area contributed by atoms with Gasteiger partial charge in [-0.1, -0.05) is 18.6 Å². The van der Waals surface area contributed by atoms with E-state index in [1.807, 2.05) is 25.1 Å². The molecule has 0 radical (unpaired) electrons. The number of aromatic amines is 1. The summed E-state index contributed by atoms with van der Waals surface area (Å²) >= 11 is 0. The maximum absolute atomic E-state index is 11.9. The molecule has 3 rings (SSSR count). The molecule has 1 aliphatic heterocycles. The monoisotopic (exact) mass is 369 g/mol. The van der Waals surface area contributed by atoms with Crippen LogP contribution in [0, 0.1) is 6.92 Å². The summed E-state index contributed by atoms with van der Waals surface area (Å²) in [5, 5.41) is 9.47. The maximum atomic E-state index is 11.9. The highest BCUT2D eigenvalue weighted by atomic mass is 16.5. The molecule has 2 N–H and O–H groups in total. The lowest BCUT2D eigenvalue weighted by atomic mass is 10.1. The average Bonchev–Trinajstić information content (AvgIpc) is 3.13. The van der Waals surface area contributed by atoms with Crippen molar-refractivity contribution >= 4 is 5.91 Å². The predicted molar refractivity (Wildman–Crippen MR) is 104 cm³/mol. The molecule has 1 saturated heterocycles. The van der Waals surface area contributed by atoms with Crippen molar-refractivity contribution in [2.45, 2.75) is 32.7 Å². The molecule has 7 heteroatoms. The standard InChI is InChI=1S/C20H27N5O2/c1-16-14-18(24-23-16)19(26)21-9-3-6-13-27-20-17(8-7-10-22-20)15-25-11-4-2-5-12-25/h3,6-8,10,14H,2,4-5,9,11-13,15H2,1H3,(H,21,26)(H,23,24). The van der Waals surface area contributed by atoms with Crippen molar-refractivity contribution in [3.05, 3.63) is 53.5 Å². The lowest BCUT2D eigenvalue weighted by Crippen LogP contribution is -2.29. The molecule has 0 aliphatic carbocycles. The Hall–Kier alpha value is -2.67. The Morgan fingerprint density at radius 2 is 2.19 bits per heavy atom. The third-order valence-corrected chi connectivity index (χ3v) is 4.49. The smallest absolute Gasteiger partial charge is 0.272 e. The van der Waals surface area contributed by atoms with Crippen LogP contribution in [0.25, 0.3) is 0 Å². The van der Waals surface area contributed by atoms with E-state index in [2.05, 4.69) is 31.5 Å². The molecule has 0 bridgehead atoms. The van der Waals surface area contributed by atoms with Gasteiger partial charge in [0, 0.05) is 30.5 Å². The van der Waals surface area contributed by atoms with Gasteiger partial charge in [-0.2, -0.15) is 5.10 Å². The molecule has 27 heavy (non-hydrogen) atoms. The van der Waals surface area contributed by atoms with E-state index < -0.39 is 0 Å². The Balaban J connectivity index is 1.42. The zero-order chi connectivity index (χ0) is 18.9. The molecular weight excluding hydrogens is 342 g/mol. The van der Waals surface area contributed by atoms with Crippen molar-refractivity contribution in [1.82, 2.24) is 25.4 Å². The largest absolute Gasteiger partial charge is 0.473 e. The fourth-order valence-electron chi connectivity index (χ4n) is 3.09. The molecule has 1 fully saturated rings. The van der Waals surface area contributed by atoms with Crippen molar-refractivity contribution in [3.63, 3.8) is 0 Å². The molecular formula is C20H27N5O2. The fourth-order valence-corrected chi connectivity index (χ4v) is 3.09. The van der Waals surface area contributed by atoms with E-state index in [-0.39, 0.29) is 5.91 Å². The van der Waals surface area contributed by atoms with Crippen molar-refractivity contribution in [2.75, 3.05) is 26.2 Å². The summed E-state index contributed by atoms with van der Waals surface area (Å²) in [6, 6.07) is 5.74. The van der Waals surface area contributed by atoms with Gasteiger partial charge in [0.25, 0.3) is 5.91 Å². The quantitative estimate of drug-likeness (QED) is 0.699. The number of amides is 1. The Morgan fingerprint density at radius 3 is 2.96 bits per heavy atom. The number of H-pyrrole nitrogens is 1. The van der Waals surface area contributed by atoms with Crippen LogP contribution in [0.2, 0.25) is 0 Å². The summed E-state index contributed by atoms with van der Waals surface area (Å²) in [5.74, 6) is 0.488. The molecule has 2 aromatic heterocycles. The number of nitrogens with zero attached hydrogens (tertiary/aromatic N) is 3.